The van der Waals surface area contributed by atoms with E-state index >= 15 is 0 Å². The molecule has 0 unspecified atom stereocenters. The van der Waals surface area contributed by atoms with Crippen molar-refractivity contribution in [3.8, 4) is 0 Å². The lowest BCUT2D eigenvalue weighted by Gasteiger charge is -2.18. The number of carbonyl (C=O) groups excluding carboxylic acids is 1. The molecule has 7 nitrogen and oxygen atoms in total. The van der Waals surface area contributed by atoms with Crippen molar-refractivity contribution in [1.29, 1.82) is 0 Å². The highest BCUT2D eigenvalue weighted by Gasteiger charge is 2.20. The first-order valence-electron chi connectivity index (χ1n) is 8.67. The van der Waals surface area contributed by atoms with Crippen molar-refractivity contribution in [2.24, 2.45) is 0 Å². The van der Waals surface area contributed by atoms with Gasteiger partial charge in [0.25, 0.3) is 5.91 Å². The number of amides is 1. The summed E-state index contributed by atoms with van der Waals surface area (Å²) in [4.78, 5) is 12.5. The first-order chi connectivity index (χ1) is 13.1. The van der Waals surface area contributed by atoms with Crippen LogP contribution in [-0.4, -0.2) is 24.5 Å². The fraction of sp³-hybridized carbons (Fsp3) is 0.250. The van der Waals surface area contributed by atoms with E-state index in [-0.39, 0.29) is 22.2 Å². The lowest BCUT2D eigenvalue weighted by Crippen LogP contribution is -2.14. The Morgan fingerprint density at radius 1 is 1.00 bits per heavy atom. The van der Waals surface area contributed by atoms with Gasteiger partial charge in [-0.2, -0.15) is 0 Å². The van der Waals surface area contributed by atoms with Gasteiger partial charge in [0.15, 0.2) is 9.84 Å². The second-order valence-electron chi connectivity index (χ2n) is 7.35. The van der Waals surface area contributed by atoms with Gasteiger partial charge in [-0.05, 0) is 35.2 Å². The fourth-order valence-electron chi connectivity index (χ4n) is 2.53. The predicted molar refractivity (Wildman–Crippen MR) is 105 cm³/mol. The maximum Gasteiger partial charge on any atom is 0.322 e. The molecule has 1 N–H and O–H groups in total. The monoisotopic (exact) mass is 399 g/mol. The number of carbonyl (C=O) groups is 1. The summed E-state index contributed by atoms with van der Waals surface area (Å²) in [6, 6.07) is 15.1. The van der Waals surface area contributed by atoms with E-state index in [2.05, 4.69) is 36.3 Å². The van der Waals surface area contributed by atoms with Crippen LogP contribution in [0.1, 0.15) is 42.6 Å². The van der Waals surface area contributed by atoms with Gasteiger partial charge >= 0.3 is 6.01 Å². The number of nitrogens with zero attached hydrogens (tertiary/aromatic N) is 2. The molecule has 1 aromatic heterocycles. The Bertz CT molecular complexity index is 1070. The molecule has 0 aliphatic carbocycles. The third-order valence-electron chi connectivity index (χ3n) is 4.12. The van der Waals surface area contributed by atoms with E-state index in [1.807, 2.05) is 12.1 Å². The summed E-state index contributed by atoms with van der Waals surface area (Å²) in [5.41, 5.74) is 1.53. The van der Waals surface area contributed by atoms with Crippen LogP contribution in [0.25, 0.3) is 0 Å². The van der Waals surface area contributed by atoms with E-state index in [4.69, 9.17) is 4.42 Å². The quantitative estimate of drug-likeness (QED) is 0.703. The number of rotatable bonds is 5. The molecule has 0 spiro atoms. The minimum Gasteiger partial charge on any atom is -0.407 e. The van der Waals surface area contributed by atoms with Gasteiger partial charge in [0.05, 0.1) is 4.90 Å². The van der Waals surface area contributed by atoms with Crippen molar-refractivity contribution in [2.75, 3.05) is 5.32 Å². The van der Waals surface area contributed by atoms with Crippen LogP contribution in [0.3, 0.4) is 0 Å². The third-order valence-corrected chi connectivity index (χ3v) is 5.73. The standard InChI is InChI=1S/C20H21N3O4S/c1-20(2,3)15-11-9-14(10-12-15)18(24)21-19-23-22-17(27-19)13-28(25,26)16-7-5-4-6-8-16/h4-12H,13H2,1-3H3,(H,21,23,24). The molecule has 28 heavy (non-hydrogen) atoms. The first-order valence-corrected chi connectivity index (χ1v) is 10.3. The molecule has 0 atom stereocenters. The van der Waals surface area contributed by atoms with Crippen LogP contribution in [0.15, 0.2) is 63.9 Å². The average Bonchev–Trinajstić information content (AvgIpc) is 3.08. The number of benzene rings is 2. The van der Waals surface area contributed by atoms with E-state index in [0.717, 1.165) is 5.56 Å². The maximum atomic E-state index is 12.4. The summed E-state index contributed by atoms with van der Waals surface area (Å²) in [5.74, 6) is -0.955. The molecule has 3 aromatic rings. The first kappa shape index (κ1) is 19.8. The molecule has 0 fully saturated rings. The van der Waals surface area contributed by atoms with Crippen LogP contribution in [0, 0.1) is 0 Å². The van der Waals surface area contributed by atoms with Crippen molar-refractivity contribution in [1.82, 2.24) is 10.2 Å². The maximum absolute atomic E-state index is 12.4. The van der Waals surface area contributed by atoms with Crippen LogP contribution < -0.4 is 5.32 Å². The highest BCUT2D eigenvalue weighted by Crippen LogP contribution is 2.22. The fourth-order valence-corrected chi connectivity index (χ4v) is 3.71. The van der Waals surface area contributed by atoms with Crippen LogP contribution in [0.4, 0.5) is 6.01 Å². The topological polar surface area (TPSA) is 102 Å². The van der Waals surface area contributed by atoms with Gasteiger partial charge in [0.1, 0.15) is 5.75 Å². The molecule has 1 heterocycles. The molecule has 3 rings (SSSR count). The molecule has 1 amide bonds. The van der Waals surface area contributed by atoms with E-state index in [9.17, 15) is 13.2 Å². The number of hydrogen-bond donors (Lipinski definition) is 1. The lowest BCUT2D eigenvalue weighted by atomic mass is 9.87. The zero-order valence-corrected chi connectivity index (χ0v) is 16.7. The van der Waals surface area contributed by atoms with E-state index in [1.54, 1.807) is 30.3 Å². The zero-order valence-electron chi connectivity index (χ0n) is 15.8. The van der Waals surface area contributed by atoms with Crippen molar-refractivity contribution in [2.45, 2.75) is 36.8 Å². The average molecular weight is 399 g/mol. The molecule has 2 aromatic carbocycles. The smallest absolute Gasteiger partial charge is 0.322 e. The Morgan fingerprint density at radius 3 is 2.25 bits per heavy atom. The van der Waals surface area contributed by atoms with Gasteiger partial charge in [-0.25, -0.2) is 8.42 Å². The minimum atomic E-state index is -3.61. The Balaban J connectivity index is 1.68. The summed E-state index contributed by atoms with van der Waals surface area (Å²) >= 11 is 0. The summed E-state index contributed by atoms with van der Waals surface area (Å²) in [7, 11) is -3.61. The zero-order chi connectivity index (χ0) is 20.4. The molecule has 0 saturated heterocycles. The van der Waals surface area contributed by atoms with E-state index < -0.39 is 21.5 Å². The number of nitrogens with one attached hydrogen (secondary N) is 1. The Kier molecular flexibility index (Phi) is 5.33. The highest BCUT2D eigenvalue weighted by atomic mass is 32.2. The summed E-state index contributed by atoms with van der Waals surface area (Å²) in [5, 5.41) is 9.90. The molecule has 8 heteroatoms. The summed E-state index contributed by atoms with van der Waals surface area (Å²) in [6.45, 7) is 6.27. The van der Waals surface area contributed by atoms with Crippen LogP contribution in [0.5, 0.6) is 0 Å². The normalized spacial score (nSPS) is 12.0. The van der Waals surface area contributed by atoms with Crippen LogP contribution in [-0.2, 0) is 21.0 Å². The van der Waals surface area contributed by atoms with Crippen molar-refractivity contribution < 1.29 is 17.6 Å². The Morgan fingerprint density at radius 2 is 1.64 bits per heavy atom. The Labute approximate surface area is 163 Å². The summed E-state index contributed by atoms with van der Waals surface area (Å²) in [6.07, 6.45) is 0. The van der Waals surface area contributed by atoms with Crippen LogP contribution >= 0.6 is 0 Å². The van der Waals surface area contributed by atoms with Gasteiger partial charge in [0.2, 0.25) is 5.89 Å². The van der Waals surface area contributed by atoms with E-state index in [0.29, 0.717) is 5.56 Å². The SMILES string of the molecule is CC(C)(C)c1ccc(C(=O)Nc2nnc(CS(=O)(=O)c3ccccc3)o2)cc1. The van der Waals surface area contributed by atoms with Crippen LogP contribution in [0.2, 0.25) is 0 Å². The molecule has 0 bridgehead atoms. The number of anilines is 1. The molecule has 0 radical (unpaired) electrons. The molecular formula is C20H21N3O4S. The van der Waals surface area contributed by atoms with Gasteiger partial charge < -0.3 is 4.42 Å². The van der Waals surface area contributed by atoms with Crippen molar-refractivity contribution in [3.05, 3.63) is 71.6 Å². The minimum absolute atomic E-state index is 0.0133. The largest absolute Gasteiger partial charge is 0.407 e. The molecule has 0 aliphatic heterocycles. The number of aromatic nitrogens is 2. The van der Waals surface area contributed by atoms with Crippen molar-refractivity contribution in [3.63, 3.8) is 0 Å². The summed E-state index contributed by atoms with van der Waals surface area (Å²) < 4.78 is 30.0. The van der Waals surface area contributed by atoms with Gasteiger partial charge in [0, 0.05) is 5.56 Å². The second-order valence-corrected chi connectivity index (χ2v) is 9.34. The van der Waals surface area contributed by atoms with Crippen molar-refractivity contribution >= 4 is 21.8 Å². The van der Waals surface area contributed by atoms with Gasteiger partial charge in [-0.1, -0.05) is 56.2 Å². The van der Waals surface area contributed by atoms with Gasteiger partial charge in [-0.15, -0.1) is 5.10 Å². The molecule has 146 valence electrons. The third kappa shape index (κ3) is 4.64. The number of sulfone groups is 1. The number of hydrogen-bond acceptors (Lipinski definition) is 6. The highest BCUT2D eigenvalue weighted by molar-refractivity contribution is 7.90. The molecule has 0 saturated carbocycles. The van der Waals surface area contributed by atoms with E-state index in [1.165, 1.54) is 12.1 Å². The Hall–Kier alpha value is -3.00. The van der Waals surface area contributed by atoms with Gasteiger partial charge in [-0.3, -0.25) is 10.1 Å². The predicted octanol–water partition coefficient (Wildman–Crippen LogP) is 3.59. The lowest BCUT2D eigenvalue weighted by molar-refractivity contribution is 0.102. The second kappa shape index (κ2) is 7.55. The molecule has 0 aliphatic rings. The molecular weight excluding hydrogens is 378 g/mol.